The third-order valence-corrected chi connectivity index (χ3v) is 3.56. The number of hydrogen-bond donors (Lipinski definition) is 1. The molecule has 0 fully saturated rings. The molecule has 0 saturated heterocycles. The maximum atomic E-state index is 12.4. The SMILES string of the molecule is CCc1c(C(=O)OC(C)(C)C)[nH]c(C=O)c1-c1cccc(Cl)c1. The third kappa shape index (κ3) is 3.82. The van der Waals surface area contributed by atoms with Crippen molar-refractivity contribution in [3.8, 4) is 11.1 Å². The van der Waals surface area contributed by atoms with Crippen LogP contribution >= 0.6 is 11.6 Å². The Bertz CT molecular complexity index is 741. The summed E-state index contributed by atoms with van der Waals surface area (Å²) in [6, 6.07) is 7.21. The highest BCUT2D eigenvalue weighted by atomic mass is 35.5. The number of carbonyl (C=O) groups is 2. The van der Waals surface area contributed by atoms with Gasteiger partial charge < -0.3 is 9.72 Å². The highest BCUT2D eigenvalue weighted by molar-refractivity contribution is 6.30. The summed E-state index contributed by atoms with van der Waals surface area (Å²) in [4.78, 5) is 26.8. The van der Waals surface area contributed by atoms with Crippen molar-refractivity contribution in [3.05, 3.63) is 46.2 Å². The molecule has 2 rings (SSSR count). The van der Waals surface area contributed by atoms with E-state index in [9.17, 15) is 9.59 Å². The van der Waals surface area contributed by atoms with Crippen LogP contribution in [0.5, 0.6) is 0 Å². The van der Waals surface area contributed by atoms with E-state index in [-0.39, 0.29) is 0 Å². The van der Waals surface area contributed by atoms with Crippen molar-refractivity contribution in [1.29, 1.82) is 0 Å². The first-order chi connectivity index (χ1) is 10.8. The van der Waals surface area contributed by atoms with Crippen LogP contribution in [0.1, 0.15) is 54.2 Å². The Morgan fingerprint density at radius 1 is 1.35 bits per heavy atom. The minimum Gasteiger partial charge on any atom is -0.455 e. The van der Waals surface area contributed by atoms with Gasteiger partial charge in [0.1, 0.15) is 11.3 Å². The van der Waals surface area contributed by atoms with Crippen LogP contribution in [-0.4, -0.2) is 22.8 Å². The second-order valence-corrected chi connectivity index (χ2v) is 6.69. The molecule has 0 saturated carbocycles. The van der Waals surface area contributed by atoms with Crippen molar-refractivity contribution < 1.29 is 14.3 Å². The van der Waals surface area contributed by atoms with Gasteiger partial charge in [-0.15, -0.1) is 0 Å². The lowest BCUT2D eigenvalue weighted by Gasteiger charge is -2.19. The number of rotatable bonds is 4. The highest BCUT2D eigenvalue weighted by Gasteiger charge is 2.26. The number of ether oxygens (including phenoxy) is 1. The van der Waals surface area contributed by atoms with Gasteiger partial charge in [-0.1, -0.05) is 30.7 Å². The van der Waals surface area contributed by atoms with E-state index in [2.05, 4.69) is 4.98 Å². The molecule has 0 aliphatic carbocycles. The number of halogens is 1. The van der Waals surface area contributed by atoms with Gasteiger partial charge >= 0.3 is 5.97 Å². The Hall–Kier alpha value is -2.07. The zero-order valence-corrected chi connectivity index (χ0v) is 14.5. The van der Waals surface area contributed by atoms with E-state index in [0.717, 1.165) is 11.1 Å². The second-order valence-electron chi connectivity index (χ2n) is 6.25. The van der Waals surface area contributed by atoms with Crippen LogP contribution in [0.4, 0.5) is 0 Å². The van der Waals surface area contributed by atoms with E-state index in [1.807, 2.05) is 19.1 Å². The smallest absolute Gasteiger partial charge is 0.355 e. The van der Waals surface area contributed by atoms with Crippen molar-refractivity contribution >= 4 is 23.9 Å². The van der Waals surface area contributed by atoms with Crippen molar-refractivity contribution in [3.63, 3.8) is 0 Å². The number of esters is 1. The second kappa shape index (κ2) is 6.59. The molecule has 1 heterocycles. The molecule has 1 aromatic carbocycles. The fourth-order valence-corrected chi connectivity index (χ4v) is 2.67. The first-order valence-corrected chi connectivity index (χ1v) is 7.84. The molecule has 2 aromatic rings. The highest BCUT2D eigenvalue weighted by Crippen LogP contribution is 2.32. The molecule has 23 heavy (non-hydrogen) atoms. The number of aromatic amines is 1. The number of aldehydes is 1. The average Bonchev–Trinajstić information content (AvgIpc) is 2.84. The van der Waals surface area contributed by atoms with Gasteiger partial charge in [0.25, 0.3) is 0 Å². The molecular weight excluding hydrogens is 314 g/mol. The van der Waals surface area contributed by atoms with E-state index in [0.29, 0.717) is 34.7 Å². The van der Waals surface area contributed by atoms with Crippen LogP contribution in [0.25, 0.3) is 11.1 Å². The first kappa shape index (κ1) is 17.3. The summed E-state index contributed by atoms with van der Waals surface area (Å²) in [5.74, 6) is -0.467. The molecule has 4 nitrogen and oxygen atoms in total. The zero-order valence-electron chi connectivity index (χ0n) is 13.7. The molecule has 0 atom stereocenters. The van der Waals surface area contributed by atoms with Crippen molar-refractivity contribution in [2.45, 2.75) is 39.7 Å². The number of H-pyrrole nitrogens is 1. The normalized spacial score (nSPS) is 11.3. The molecule has 0 amide bonds. The fraction of sp³-hybridized carbons (Fsp3) is 0.333. The molecule has 122 valence electrons. The van der Waals surface area contributed by atoms with Crippen LogP contribution < -0.4 is 0 Å². The molecule has 0 spiro atoms. The quantitative estimate of drug-likeness (QED) is 0.653. The standard InChI is InChI=1S/C18H20ClNO3/c1-5-13-15(11-7-6-8-12(19)9-11)14(10-21)20-16(13)17(22)23-18(2,3)4/h6-10,20H,5H2,1-4H3. The molecule has 0 aliphatic rings. The van der Waals surface area contributed by atoms with Gasteiger partial charge in [0.2, 0.25) is 0 Å². The van der Waals surface area contributed by atoms with E-state index < -0.39 is 11.6 Å². The number of benzene rings is 1. The van der Waals surface area contributed by atoms with Gasteiger partial charge in [0.05, 0.1) is 5.69 Å². The van der Waals surface area contributed by atoms with E-state index in [4.69, 9.17) is 16.3 Å². The Kier molecular flexibility index (Phi) is 4.95. The maximum absolute atomic E-state index is 12.4. The van der Waals surface area contributed by atoms with Gasteiger partial charge in [-0.25, -0.2) is 4.79 Å². The summed E-state index contributed by atoms with van der Waals surface area (Å²) >= 11 is 6.05. The van der Waals surface area contributed by atoms with E-state index >= 15 is 0 Å². The lowest BCUT2D eigenvalue weighted by Crippen LogP contribution is -2.24. The summed E-state index contributed by atoms with van der Waals surface area (Å²) < 4.78 is 5.43. The Labute approximate surface area is 140 Å². The predicted octanol–water partition coefficient (Wildman–Crippen LogP) is 4.67. The number of carbonyl (C=O) groups excluding carboxylic acids is 2. The molecule has 0 bridgehead atoms. The monoisotopic (exact) mass is 333 g/mol. The van der Waals surface area contributed by atoms with E-state index in [1.165, 1.54) is 0 Å². The minimum atomic E-state index is -0.606. The molecule has 5 heteroatoms. The summed E-state index contributed by atoms with van der Waals surface area (Å²) in [6.45, 7) is 7.34. The first-order valence-electron chi connectivity index (χ1n) is 7.46. The maximum Gasteiger partial charge on any atom is 0.355 e. The van der Waals surface area contributed by atoms with Gasteiger partial charge in [0.15, 0.2) is 6.29 Å². The van der Waals surface area contributed by atoms with Gasteiger partial charge in [-0.2, -0.15) is 0 Å². The summed E-state index contributed by atoms with van der Waals surface area (Å²) in [5.41, 5.74) is 2.31. The fourth-order valence-electron chi connectivity index (χ4n) is 2.48. The van der Waals surface area contributed by atoms with Crippen LogP contribution in [0.15, 0.2) is 24.3 Å². The molecule has 0 unspecified atom stereocenters. The molecule has 0 radical (unpaired) electrons. The topological polar surface area (TPSA) is 59.2 Å². The predicted molar refractivity (Wildman–Crippen MR) is 91.2 cm³/mol. The van der Waals surface area contributed by atoms with Crippen molar-refractivity contribution in [2.24, 2.45) is 0 Å². The Morgan fingerprint density at radius 2 is 2.04 bits per heavy atom. The third-order valence-electron chi connectivity index (χ3n) is 3.32. The molecule has 0 aliphatic heterocycles. The minimum absolute atomic E-state index is 0.319. The largest absolute Gasteiger partial charge is 0.455 e. The lowest BCUT2D eigenvalue weighted by molar-refractivity contribution is 0.00624. The average molecular weight is 334 g/mol. The zero-order chi connectivity index (χ0) is 17.2. The number of hydrogen-bond acceptors (Lipinski definition) is 3. The molecule has 1 aromatic heterocycles. The Morgan fingerprint density at radius 3 is 2.57 bits per heavy atom. The van der Waals surface area contributed by atoms with Crippen LogP contribution in [0.2, 0.25) is 5.02 Å². The van der Waals surface area contributed by atoms with E-state index in [1.54, 1.807) is 32.9 Å². The van der Waals surface area contributed by atoms with Crippen LogP contribution in [-0.2, 0) is 11.2 Å². The molecular formula is C18H20ClNO3. The Balaban J connectivity index is 2.60. The van der Waals surface area contributed by atoms with Crippen molar-refractivity contribution in [1.82, 2.24) is 4.98 Å². The summed E-state index contributed by atoms with van der Waals surface area (Å²) in [6.07, 6.45) is 1.30. The molecule has 1 N–H and O–H groups in total. The summed E-state index contributed by atoms with van der Waals surface area (Å²) in [5, 5.41) is 0.571. The van der Waals surface area contributed by atoms with Gasteiger partial charge in [-0.3, -0.25) is 4.79 Å². The van der Waals surface area contributed by atoms with Gasteiger partial charge in [-0.05, 0) is 50.5 Å². The van der Waals surface area contributed by atoms with Crippen LogP contribution in [0.3, 0.4) is 0 Å². The summed E-state index contributed by atoms with van der Waals surface area (Å²) in [7, 11) is 0. The lowest BCUT2D eigenvalue weighted by atomic mass is 9.98. The van der Waals surface area contributed by atoms with Crippen molar-refractivity contribution in [2.75, 3.05) is 0 Å². The van der Waals surface area contributed by atoms with Gasteiger partial charge in [0, 0.05) is 10.6 Å². The van der Waals surface area contributed by atoms with Crippen LogP contribution in [0, 0.1) is 0 Å². The number of aromatic nitrogens is 1. The number of nitrogens with one attached hydrogen (secondary N) is 1.